The number of aromatic amines is 1. The summed E-state index contributed by atoms with van der Waals surface area (Å²) in [5.41, 5.74) is 6.37. The molecular weight excluding hydrogens is 282 g/mol. The fraction of sp³-hybridized carbons (Fsp3) is 0.0909. The predicted octanol–water partition coefficient (Wildman–Crippen LogP) is 0.329. The van der Waals surface area contributed by atoms with E-state index in [1.807, 2.05) is 0 Å². The zero-order valence-corrected chi connectivity index (χ0v) is 11.4. The van der Waals surface area contributed by atoms with E-state index in [0.29, 0.717) is 11.3 Å². The molecule has 0 radical (unpaired) electrons. The molecule has 1 heterocycles. The number of benzene rings is 1. The van der Waals surface area contributed by atoms with Crippen LogP contribution in [0.4, 0.5) is 5.69 Å². The zero-order valence-electron chi connectivity index (χ0n) is 10.6. The number of amidine groups is 1. The van der Waals surface area contributed by atoms with Gasteiger partial charge in [0.2, 0.25) is 0 Å². The van der Waals surface area contributed by atoms with E-state index in [0.717, 1.165) is 4.31 Å². The van der Waals surface area contributed by atoms with E-state index in [9.17, 15) is 8.42 Å². The van der Waals surface area contributed by atoms with Crippen molar-refractivity contribution >= 4 is 21.5 Å². The van der Waals surface area contributed by atoms with E-state index in [1.54, 1.807) is 24.3 Å². The summed E-state index contributed by atoms with van der Waals surface area (Å²) in [6.45, 7) is 0. The topological polar surface area (TPSA) is 125 Å². The number of rotatable bonds is 4. The van der Waals surface area contributed by atoms with Crippen LogP contribution in [0.25, 0.3) is 0 Å². The Balaban J connectivity index is 2.33. The van der Waals surface area contributed by atoms with Crippen LogP contribution in [-0.2, 0) is 10.0 Å². The molecule has 20 heavy (non-hydrogen) atoms. The molecule has 0 aliphatic carbocycles. The van der Waals surface area contributed by atoms with Crippen LogP contribution in [0.3, 0.4) is 0 Å². The number of hydrogen-bond donors (Lipinski definition) is 3. The molecule has 1 aromatic heterocycles. The maximum atomic E-state index is 12.2. The van der Waals surface area contributed by atoms with Gasteiger partial charge < -0.3 is 10.9 Å². The predicted molar refractivity (Wildman–Crippen MR) is 73.1 cm³/mol. The Labute approximate surface area is 115 Å². The van der Waals surface area contributed by atoms with Crippen molar-refractivity contribution < 1.29 is 13.6 Å². The van der Waals surface area contributed by atoms with E-state index >= 15 is 0 Å². The van der Waals surface area contributed by atoms with Crippen LogP contribution in [-0.4, -0.2) is 36.7 Å². The normalized spacial score (nSPS) is 12.3. The molecule has 0 unspecified atom stereocenters. The molecule has 106 valence electrons. The second-order valence-electron chi connectivity index (χ2n) is 3.93. The van der Waals surface area contributed by atoms with Crippen molar-refractivity contribution in [1.29, 1.82) is 0 Å². The Hall–Kier alpha value is -2.55. The largest absolute Gasteiger partial charge is 0.409 e. The first-order valence-corrected chi connectivity index (χ1v) is 6.97. The summed E-state index contributed by atoms with van der Waals surface area (Å²) in [5.74, 6) is -0.0457. The van der Waals surface area contributed by atoms with Crippen molar-refractivity contribution in [3.05, 3.63) is 42.1 Å². The highest BCUT2D eigenvalue weighted by Crippen LogP contribution is 2.20. The van der Waals surface area contributed by atoms with Gasteiger partial charge in [-0.2, -0.15) is 13.5 Å². The molecule has 0 aliphatic heterocycles. The molecule has 0 aliphatic rings. The lowest BCUT2D eigenvalue weighted by atomic mass is 10.2. The van der Waals surface area contributed by atoms with Gasteiger partial charge in [-0.3, -0.25) is 9.40 Å². The monoisotopic (exact) mass is 295 g/mol. The van der Waals surface area contributed by atoms with Crippen molar-refractivity contribution in [2.75, 3.05) is 11.4 Å². The molecule has 0 spiro atoms. The van der Waals surface area contributed by atoms with Crippen molar-refractivity contribution in [3.8, 4) is 0 Å². The molecule has 0 amide bonds. The highest BCUT2D eigenvalue weighted by atomic mass is 32.2. The van der Waals surface area contributed by atoms with Gasteiger partial charge >= 0.3 is 0 Å². The minimum absolute atomic E-state index is 0.000473. The van der Waals surface area contributed by atoms with Crippen LogP contribution in [0, 0.1) is 0 Å². The number of hydrogen-bond acceptors (Lipinski definition) is 5. The summed E-state index contributed by atoms with van der Waals surface area (Å²) in [6.07, 6.45) is 1.36. The van der Waals surface area contributed by atoms with Gasteiger partial charge in [0.25, 0.3) is 10.0 Å². The Morgan fingerprint density at radius 1 is 1.35 bits per heavy atom. The van der Waals surface area contributed by atoms with Gasteiger partial charge in [-0.25, -0.2) is 0 Å². The smallest absolute Gasteiger partial charge is 0.281 e. The average molecular weight is 295 g/mol. The lowest BCUT2D eigenvalue weighted by molar-refractivity contribution is 0.318. The van der Waals surface area contributed by atoms with Crippen molar-refractivity contribution in [2.45, 2.75) is 5.03 Å². The number of anilines is 1. The quantitative estimate of drug-likeness (QED) is 0.324. The standard InChI is InChI=1S/C11H13N5O3S/c1-16(20(18,19)10-6-7-13-14-10)9-4-2-8(3-5-9)11(12)15-17/h2-7,17H,1H3,(H2,12,15)(H,13,14). The summed E-state index contributed by atoms with van der Waals surface area (Å²) in [4.78, 5) is 0. The average Bonchev–Trinajstić information content (AvgIpc) is 3.00. The van der Waals surface area contributed by atoms with Crippen molar-refractivity contribution in [3.63, 3.8) is 0 Å². The fourth-order valence-electron chi connectivity index (χ4n) is 1.57. The number of nitrogens with zero attached hydrogens (tertiary/aromatic N) is 3. The first kappa shape index (κ1) is 13.9. The maximum absolute atomic E-state index is 12.2. The third-order valence-electron chi connectivity index (χ3n) is 2.75. The SMILES string of the molecule is CN(c1ccc(/C(N)=N/O)cc1)S(=O)(=O)c1ccn[nH]1. The van der Waals surface area contributed by atoms with Gasteiger partial charge in [0.05, 0.1) is 11.9 Å². The molecule has 9 heteroatoms. The minimum atomic E-state index is -3.68. The maximum Gasteiger partial charge on any atom is 0.281 e. The van der Waals surface area contributed by atoms with Gasteiger partial charge in [-0.15, -0.1) is 0 Å². The van der Waals surface area contributed by atoms with Crippen LogP contribution in [0.2, 0.25) is 0 Å². The molecule has 0 saturated heterocycles. The van der Waals surface area contributed by atoms with Gasteiger partial charge in [0.15, 0.2) is 10.9 Å². The Morgan fingerprint density at radius 3 is 2.50 bits per heavy atom. The Morgan fingerprint density at radius 2 is 2.00 bits per heavy atom. The molecule has 0 saturated carbocycles. The summed E-state index contributed by atoms with van der Waals surface area (Å²) < 4.78 is 25.6. The lowest BCUT2D eigenvalue weighted by Crippen LogP contribution is -2.27. The number of aromatic nitrogens is 2. The molecule has 8 nitrogen and oxygen atoms in total. The molecular formula is C11H13N5O3S. The molecule has 4 N–H and O–H groups in total. The molecule has 2 aromatic rings. The second-order valence-corrected chi connectivity index (χ2v) is 5.86. The molecule has 0 fully saturated rings. The van der Waals surface area contributed by atoms with Crippen LogP contribution < -0.4 is 10.0 Å². The Bertz CT molecular complexity index is 707. The number of H-pyrrole nitrogens is 1. The number of oxime groups is 1. The molecule has 0 bridgehead atoms. The third kappa shape index (κ3) is 2.43. The summed E-state index contributed by atoms with van der Waals surface area (Å²) in [5, 5.41) is 17.5. The zero-order chi connectivity index (χ0) is 14.8. The van der Waals surface area contributed by atoms with Gasteiger partial charge in [-0.1, -0.05) is 5.16 Å². The number of nitrogens with one attached hydrogen (secondary N) is 1. The molecule has 0 atom stereocenters. The van der Waals surface area contributed by atoms with Crippen LogP contribution in [0.1, 0.15) is 5.56 Å². The van der Waals surface area contributed by atoms with Gasteiger partial charge in [0, 0.05) is 12.6 Å². The van der Waals surface area contributed by atoms with E-state index in [1.165, 1.54) is 19.3 Å². The minimum Gasteiger partial charge on any atom is -0.409 e. The van der Waals surface area contributed by atoms with E-state index in [4.69, 9.17) is 10.9 Å². The van der Waals surface area contributed by atoms with Gasteiger partial charge in [-0.05, 0) is 30.3 Å². The highest BCUT2D eigenvalue weighted by molar-refractivity contribution is 7.92. The lowest BCUT2D eigenvalue weighted by Gasteiger charge is -2.18. The van der Waals surface area contributed by atoms with E-state index in [-0.39, 0.29) is 10.9 Å². The van der Waals surface area contributed by atoms with Crippen LogP contribution in [0.15, 0.2) is 46.7 Å². The third-order valence-corrected chi connectivity index (χ3v) is 4.46. The van der Waals surface area contributed by atoms with Crippen molar-refractivity contribution in [2.24, 2.45) is 10.9 Å². The second kappa shape index (κ2) is 5.21. The Kier molecular flexibility index (Phi) is 3.61. The van der Waals surface area contributed by atoms with Crippen LogP contribution in [0.5, 0.6) is 0 Å². The fourth-order valence-corrected chi connectivity index (χ4v) is 2.67. The van der Waals surface area contributed by atoms with E-state index < -0.39 is 10.0 Å². The first-order chi connectivity index (χ1) is 9.46. The summed E-state index contributed by atoms with van der Waals surface area (Å²) >= 11 is 0. The summed E-state index contributed by atoms with van der Waals surface area (Å²) in [7, 11) is -2.26. The van der Waals surface area contributed by atoms with Crippen molar-refractivity contribution in [1.82, 2.24) is 10.2 Å². The van der Waals surface area contributed by atoms with E-state index in [2.05, 4.69) is 15.4 Å². The number of sulfonamides is 1. The summed E-state index contributed by atoms with van der Waals surface area (Å²) in [6, 6.07) is 7.60. The van der Waals surface area contributed by atoms with Gasteiger partial charge in [0.1, 0.15) is 0 Å². The highest BCUT2D eigenvalue weighted by Gasteiger charge is 2.22. The number of nitrogens with two attached hydrogens (primary N) is 1. The van der Waals surface area contributed by atoms with Crippen LogP contribution >= 0.6 is 0 Å². The molecule has 1 aromatic carbocycles. The first-order valence-electron chi connectivity index (χ1n) is 5.53. The molecule has 2 rings (SSSR count).